The SMILES string of the molecule is COc1cc(Br)c(/C=c2\s/c(=C\C(=O)c3ccc(Cl)cc3)[nH]c2=O)cc1OC. The van der Waals surface area contributed by atoms with Crippen LogP contribution in [0.25, 0.3) is 12.2 Å². The normalized spacial score (nSPS) is 12.3. The van der Waals surface area contributed by atoms with Gasteiger partial charge in [0.1, 0.15) is 0 Å². The van der Waals surface area contributed by atoms with Crippen molar-refractivity contribution in [2.24, 2.45) is 0 Å². The quantitative estimate of drug-likeness (QED) is 0.569. The first-order chi connectivity index (χ1) is 13.4. The number of hydrogen-bond donors (Lipinski definition) is 1. The third kappa shape index (κ3) is 4.55. The lowest BCUT2D eigenvalue weighted by atomic mass is 10.1. The smallest absolute Gasteiger partial charge is 0.266 e. The Morgan fingerprint density at radius 1 is 1.14 bits per heavy atom. The van der Waals surface area contributed by atoms with Gasteiger partial charge in [-0.1, -0.05) is 27.5 Å². The fraction of sp³-hybridized carbons (Fsp3) is 0.100. The van der Waals surface area contributed by atoms with Crippen LogP contribution in [0.2, 0.25) is 5.02 Å². The number of hydrogen-bond acceptors (Lipinski definition) is 5. The van der Waals surface area contributed by atoms with Crippen LogP contribution in [0.3, 0.4) is 0 Å². The molecule has 1 heterocycles. The molecular weight excluding hydrogens is 466 g/mol. The maximum atomic E-state index is 12.4. The number of halogens is 2. The number of rotatable bonds is 5. The lowest BCUT2D eigenvalue weighted by Crippen LogP contribution is -2.20. The highest BCUT2D eigenvalue weighted by molar-refractivity contribution is 9.10. The van der Waals surface area contributed by atoms with E-state index < -0.39 is 0 Å². The van der Waals surface area contributed by atoms with Crippen LogP contribution in [0.15, 0.2) is 45.7 Å². The highest BCUT2D eigenvalue weighted by atomic mass is 79.9. The van der Waals surface area contributed by atoms with Crippen LogP contribution < -0.4 is 24.2 Å². The predicted octanol–water partition coefficient (Wildman–Crippen LogP) is 3.36. The summed E-state index contributed by atoms with van der Waals surface area (Å²) in [6.45, 7) is 0. The molecule has 0 saturated heterocycles. The Kier molecular flexibility index (Phi) is 6.39. The van der Waals surface area contributed by atoms with E-state index in [1.54, 1.807) is 56.7 Å². The molecule has 0 radical (unpaired) electrons. The predicted molar refractivity (Wildman–Crippen MR) is 115 cm³/mol. The first kappa shape index (κ1) is 20.4. The summed E-state index contributed by atoms with van der Waals surface area (Å²) in [5, 5.41) is 0.554. The topological polar surface area (TPSA) is 68.4 Å². The number of aromatic nitrogens is 1. The Morgan fingerprint density at radius 3 is 2.43 bits per heavy atom. The summed E-state index contributed by atoms with van der Waals surface area (Å²) >= 11 is 10.5. The molecule has 0 saturated carbocycles. The molecule has 0 fully saturated rings. The molecule has 0 aliphatic rings. The van der Waals surface area contributed by atoms with Crippen LogP contribution in [-0.2, 0) is 0 Å². The number of aromatic amines is 1. The second-order valence-corrected chi connectivity index (χ2v) is 8.05. The zero-order valence-electron chi connectivity index (χ0n) is 14.9. The van der Waals surface area contributed by atoms with Crippen LogP contribution in [0.1, 0.15) is 15.9 Å². The molecule has 3 aromatic rings. The summed E-state index contributed by atoms with van der Waals surface area (Å²) in [5.74, 6) is 0.914. The lowest BCUT2D eigenvalue weighted by molar-refractivity contribution is 0.106. The summed E-state index contributed by atoms with van der Waals surface area (Å²) in [4.78, 5) is 27.4. The molecule has 144 valence electrons. The van der Waals surface area contributed by atoms with Gasteiger partial charge in [-0.25, -0.2) is 0 Å². The molecule has 3 rings (SSSR count). The molecule has 0 unspecified atom stereocenters. The molecule has 2 aromatic carbocycles. The van der Waals surface area contributed by atoms with Gasteiger partial charge < -0.3 is 14.5 Å². The molecule has 0 bridgehead atoms. The highest BCUT2D eigenvalue weighted by Crippen LogP contribution is 2.33. The summed E-state index contributed by atoms with van der Waals surface area (Å²) in [6.07, 6.45) is 3.12. The van der Waals surface area contributed by atoms with E-state index in [2.05, 4.69) is 20.9 Å². The molecule has 5 nitrogen and oxygen atoms in total. The van der Waals surface area contributed by atoms with Crippen LogP contribution in [0, 0.1) is 0 Å². The fourth-order valence-electron chi connectivity index (χ4n) is 2.46. The summed E-state index contributed by atoms with van der Waals surface area (Å²) < 4.78 is 12.2. The van der Waals surface area contributed by atoms with E-state index in [-0.39, 0.29) is 11.3 Å². The van der Waals surface area contributed by atoms with Crippen molar-refractivity contribution < 1.29 is 14.3 Å². The standard InChI is InChI=1S/C20H15BrClNO4S/c1-26-16-7-12(14(21)9-17(16)27-2)8-18-20(25)23-19(28-18)10-15(24)11-3-5-13(22)6-4-11/h3-10H,1-2H3,(H,23,25)/b18-8-,19-10-. The average Bonchev–Trinajstić information content (AvgIpc) is 3.02. The highest BCUT2D eigenvalue weighted by Gasteiger charge is 2.09. The Hall–Kier alpha value is -2.35. The number of benzene rings is 2. The fourth-order valence-corrected chi connectivity index (χ4v) is 3.90. The van der Waals surface area contributed by atoms with Crippen molar-refractivity contribution in [3.05, 3.63) is 76.6 Å². The summed E-state index contributed by atoms with van der Waals surface area (Å²) in [5.41, 5.74) is 0.967. The Labute approximate surface area is 178 Å². The zero-order valence-corrected chi connectivity index (χ0v) is 18.1. The zero-order chi connectivity index (χ0) is 20.3. The minimum atomic E-state index is -0.276. The molecule has 0 amide bonds. The van der Waals surface area contributed by atoms with Crippen molar-refractivity contribution in [3.8, 4) is 11.5 Å². The van der Waals surface area contributed by atoms with Gasteiger partial charge in [-0.2, -0.15) is 0 Å². The van der Waals surface area contributed by atoms with Gasteiger partial charge in [-0.15, -0.1) is 11.3 Å². The van der Waals surface area contributed by atoms with E-state index in [0.717, 1.165) is 10.0 Å². The number of H-pyrrole nitrogens is 1. The average molecular weight is 481 g/mol. The summed E-state index contributed by atoms with van der Waals surface area (Å²) in [6, 6.07) is 10.1. The van der Waals surface area contributed by atoms with Crippen LogP contribution >= 0.6 is 38.9 Å². The number of ether oxygens (including phenoxy) is 2. The number of carbonyl (C=O) groups is 1. The van der Waals surface area contributed by atoms with Gasteiger partial charge in [0, 0.05) is 21.1 Å². The number of nitrogens with one attached hydrogen (secondary N) is 1. The van der Waals surface area contributed by atoms with Crippen LogP contribution in [0.5, 0.6) is 11.5 Å². The first-order valence-corrected chi connectivity index (χ1v) is 10.0. The van der Waals surface area contributed by atoms with E-state index in [4.69, 9.17) is 21.1 Å². The van der Waals surface area contributed by atoms with Gasteiger partial charge in [0.05, 0.1) is 23.4 Å². The molecule has 8 heteroatoms. The van der Waals surface area contributed by atoms with Crippen LogP contribution in [0.4, 0.5) is 0 Å². The Morgan fingerprint density at radius 2 is 1.79 bits per heavy atom. The van der Waals surface area contributed by atoms with Gasteiger partial charge in [0.25, 0.3) is 5.56 Å². The number of ketones is 1. The third-order valence-electron chi connectivity index (χ3n) is 3.86. The molecule has 0 aliphatic carbocycles. The molecule has 1 N–H and O–H groups in total. The maximum absolute atomic E-state index is 12.4. The second-order valence-electron chi connectivity index (χ2n) is 5.67. The van der Waals surface area contributed by atoms with E-state index in [1.165, 1.54) is 17.4 Å². The van der Waals surface area contributed by atoms with E-state index >= 15 is 0 Å². The molecule has 0 atom stereocenters. The number of methoxy groups -OCH3 is 2. The maximum Gasteiger partial charge on any atom is 0.266 e. The second kappa shape index (κ2) is 8.77. The van der Waals surface area contributed by atoms with Crippen molar-refractivity contribution >= 4 is 56.8 Å². The number of carbonyl (C=O) groups excluding carboxylic acids is 1. The van der Waals surface area contributed by atoms with E-state index in [0.29, 0.717) is 31.3 Å². The molecule has 28 heavy (non-hydrogen) atoms. The number of thiazole rings is 1. The minimum absolute atomic E-state index is 0.215. The Balaban J connectivity index is 2.02. The molecule has 0 aliphatic heterocycles. The molecule has 1 aromatic heterocycles. The van der Waals surface area contributed by atoms with Gasteiger partial charge in [-0.3, -0.25) is 9.59 Å². The molecule has 0 spiro atoms. The van der Waals surface area contributed by atoms with Crippen molar-refractivity contribution in [2.45, 2.75) is 0 Å². The summed E-state index contributed by atoms with van der Waals surface area (Å²) in [7, 11) is 3.10. The number of Topliss-reactive ketones (excluding diaryl/α,β-unsaturated/α-hetero) is 1. The Bertz CT molecular complexity index is 1200. The van der Waals surface area contributed by atoms with Gasteiger partial charge in [0.2, 0.25) is 0 Å². The minimum Gasteiger partial charge on any atom is -0.493 e. The molecular formula is C20H15BrClNO4S. The van der Waals surface area contributed by atoms with Crippen molar-refractivity contribution in [1.82, 2.24) is 4.98 Å². The van der Waals surface area contributed by atoms with Crippen molar-refractivity contribution in [1.29, 1.82) is 0 Å². The van der Waals surface area contributed by atoms with Gasteiger partial charge >= 0.3 is 0 Å². The van der Waals surface area contributed by atoms with E-state index in [9.17, 15) is 9.59 Å². The monoisotopic (exact) mass is 479 g/mol. The largest absolute Gasteiger partial charge is 0.493 e. The van der Waals surface area contributed by atoms with Crippen LogP contribution in [-0.4, -0.2) is 25.0 Å². The van der Waals surface area contributed by atoms with Crippen molar-refractivity contribution in [3.63, 3.8) is 0 Å². The van der Waals surface area contributed by atoms with Gasteiger partial charge in [0.15, 0.2) is 17.3 Å². The third-order valence-corrected chi connectivity index (χ3v) is 5.76. The van der Waals surface area contributed by atoms with Gasteiger partial charge in [-0.05, 0) is 48.0 Å². The van der Waals surface area contributed by atoms with E-state index in [1.807, 2.05) is 0 Å². The van der Waals surface area contributed by atoms with Crippen molar-refractivity contribution in [2.75, 3.05) is 14.2 Å². The first-order valence-electron chi connectivity index (χ1n) is 8.05. The lowest BCUT2D eigenvalue weighted by Gasteiger charge is -2.09.